The zero-order valence-electron chi connectivity index (χ0n) is 12.4. The van der Waals surface area contributed by atoms with Crippen molar-refractivity contribution in [3.05, 3.63) is 18.2 Å². The van der Waals surface area contributed by atoms with Gasteiger partial charge in [0, 0.05) is 18.8 Å². The number of anilines is 1. The lowest BCUT2D eigenvalue weighted by Gasteiger charge is -2.14. The highest BCUT2D eigenvalue weighted by atomic mass is 16.6. The van der Waals surface area contributed by atoms with Crippen LogP contribution in [-0.2, 0) is 14.2 Å². The van der Waals surface area contributed by atoms with Crippen LogP contribution in [0.25, 0.3) is 0 Å². The largest absolute Gasteiger partial charge is 0.487 e. The molecular weight excluding hydrogens is 274 g/mol. The molecule has 21 heavy (non-hydrogen) atoms. The first-order valence-corrected chi connectivity index (χ1v) is 7.21. The standard InChI is InChI=1S/C15H23NO5/c1-16-13-2-3-14-15(12-13)21-11-9-19-7-5-17-4-6-18-8-10-20-14/h2-3,12,16H,4-11H2,1H3. The van der Waals surface area contributed by atoms with Crippen LogP contribution in [-0.4, -0.2) is 59.9 Å². The second-order valence-corrected chi connectivity index (χ2v) is 4.45. The van der Waals surface area contributed by atoms with Crippen LogP contribution < -0.4 is 14.8 Å². The first-order valence-electron chi connectivity index (χ1n) is 7.21. The van der Waals surface area contributed by atoms with Gasteiger partial charge in [-0.05, 0) is 12.1 Å². The summed E-state index contributed by atoms with van der Waals surface area (Å²) in [7, 11) is 1.87. The number of rotatable bonds is 1. The van der Waals surface area contributed by atoms with E-state index < -0.39 is 0 Å². The minimum absolute atomic E-state index is 0.472. The lowest BCUT2D eigenvalue weighted by atomic mass is 10.3. The lowest BCUT2D eigenvalue weighted by Crippen LogP contribution is -2.13. The van der Waals surface area contributed by atoms with E-state index in [1.54, 1.807) is 0 Å². The summed E-state index contributed by atoms with van der Waals surface area (Å²) in [5, 5.41) is 3.08. The van der Waals surface area contributed by atoms with Gasteiger partial charge in [-0.25, -0.2) is 0 Å². The normalized spacial score (nSPS) is 18.3. The van der Waals surface area contributed by atoms with Crippen LogP contribution in [0.2, 0.25) is 0 Å². The Labute approximate surface area is 125 Å². The second kappa shape index (κ2) is 9.44. The Kier molecular flexibility index (Phi) is 7.14. The van der Waals surface area contributed by atoms with E-state index in [1.165, 1.54) is 0 Å². The van der Waals surface area contributed by atoms with Crippen molar-refractivity contribution < 1.29 is 23.7 Å². The minimum Gasteiger partial charge on any atom is -0.487 e. The summed E-state index contributed by atoms with van der Waals surface area (Å²) in [5.74, 6) is 1.42. The number of ether oxygens (including phenoxy) is 5. The molecule has 1 aliphatic heterocycles. The van der Waals surface area contributed by atoms with Crippen LogP contribution in [0.1, 0.15) is 0 Å². The summed E-state index contributed by atoms with van der Waals surface area (Å²) in [6, 6.07) is 5.75. The van der Waals surface area contributed by atoms with Crippen molar-refractivity contribution in [2.24, 2.45) is 0 Å². The molecular formula is C15H23NO5. The van der Waals surface area contributed by atoms with Crippen molar-refractivity contribution in [2.45, 2.75) is 0 Å². The molecule has 6 heteroatoms. The molecule has 0 bridgehead atoms. The predicted octanol–water partition coefficient (Wildman–Crippen LogP) is 1.55. The van der Waals surface area contributed by atoms with E-state index >= 15 is 0 Å². The average molecular weight is 297 g/mol. The van der Waals surface area contributed by atoms with E-state index in [-0.39, 0.29) is 0 Å². The first-order chi connectivity index (χ1) is 10.4. The van der Waals surface area contributed by atoms with Crippen LogP contribution in [0.4, 0.5) is 5.69 Å². The fraction of sp³-hybridized carbons (Fsp3) is 0.600. The molecule has 1 aliphatic rings. The van der Waals surface area contributed by atoms with Crippen LogP contribution in [0.5, 0.6) is 11.5 Å². The van der Waals surface area contributed by atoms with Gasteiger partial charge in [-0.3, -0.25) is 0 Å². The quantitative estimate of drug-likeness (QED) is 0.849. The lowest BCUT2D eigenvalue weighted by molar-refractivity contribution is 0.00708. The van der Waals surface area contributed by atoms with E-state index in [0.717, 1.165) is 5.69 Å². The highest BCUT2D eigenvalue weighted by Gasteiger charge is 2.07. The van der Waals surface area contributed by atoms with Gasteiger partial charge in [-0.2, -0.15) is 0 Å². The summed E-state index contributed by atoms with van der Waals surface area (Å²) < 4.78 is 27.7. The van der Waals surface area contributed by atoms with Crippen molar-refractivity contribution in [1.82, 2.24) is 0 Å². The van der Waals surface area contributed by atoms with Gasteiger partial charge >= 0.3 is 0 Å². The molecule has 2 rings (SSSR count). The van der Waals surface area contributed by atoms with Crippen molar-refractivity contribution in [3.8, 4) is 11.5 Å². The Morgan fingerprint density at radius 1 is 0.714 bits per heavy atom. The molecule has 0 fully saturated rings. The molecule has 0 spiro atoms. The summed E-state index contributed by atoms with van der Waals surface area (Å²) in [6.07, 6.45) is 0. The van der Waals surface area contributed by atoms with Crippen LogP contribution in [0, 0.1) is 0 Å². The Morgan fingerprint density at radius 2 is 1.24 bits per heavy atom. The van der Waals surface area contributed by atoms with E-state index in [4.69, 9.17) is 23.7 Å². The smallest absolute Gasteiger partial charge is 0.163 e. The summed E-state index contributed by atoms with van der Waals surface area (Å²) in [5.41, 5.74) is 0.973. The van der Waals surface area contributed by atoms with Crippen molar-refractivity contribution >= 4 is 5.69 Å². The molecule has 1 aromatic carbocycles. The molecule has 0 amide bonds. The fourth-order valence-electron chi connectivity index (χ4n) is 1.86. The van der Waals surface area contributed by atoms with E-state index in [9.17, 15) is 0 Å². The third-order valence-electron chi connectivity index (χ3n) is 2.95. The van der Waals surface area contributed by atoms with Crippen LogP contribution in [0.3, 0.4) is 0 Å². The van der Waals surface area contributed by atoms with Gasteiger partial charge in [-0.1, -0.05) is 0 Å². The maximum Gasteiger partial charge on any atom is 0.163 e. The molecule has 1 aromatic rings. The van der Waals surface area contributed by atoms with Crippen molar-refractivity contribution in [2.75, 3.05) is 65.2 Å². The monoisotopic (exact) mass is 297 g/mol. The average Bonchev–Trinajstić information content (AvgIpc) is 2.52. The van der Waals surface area contributed by atoms with Gasteiger partial charge < -0.3 is 29.0 Å². The number of benzene rings is 1. The molecule has 0 atom stereocenters. The second-order valence-electron chi connectivity index (χ2n) is 4.45. The fourth-order valence-corrected chi connectivity index (χ4v) is 1.86. The molecule has 0 unspecified atom stereocenters. The van der Waals surface area contributed by atoms with Gasteiger partial charge in [0.2, 0.25) is 0 Å². The molecule has 0 aromatic heterocycles. The highest BCUT2D eigenvalue weighted by molar-refractivity contribution is 5.54. The Morgan fingerprint density at radius 3 is 1.81 bits per heavy atom. The SMILES string of the molecule is CNc1ccc2c(c1)OCCOCCOCCOCCO2. The van der Waals surface area contributed by atoms with Gasteiger partial charge in [0.15, 0.2) is 11.5 Å². The van der Waals surface area contributed by atoms with Gasteiger partial charge in [-0.15, -0.1) is 0 Å². The van der Waals surface area contributed by atoms with Gasteiger partial charge in [0.25, 0.3) is 0 Å². The zero-order chi connectivity index (χ0) is 14.8. The molecule has 6 nitrogen and oxygen atoms in total. The number of hydrogen-bond donors (Lipinski definition) is 1. The predicted molar refractivity (Wildman–Crippen MR) is 79.4 cm³/mol. The van der Waals surface area contributed by atoms with Crippen LogP contribution in [0.15, 0.2) is 18.2 Å². The Balaban J connectivity index is 1.96. The number of hydrogen-bond acceptors (Lipinski definition) is 6. The minimum atomic E-state index is 0.472. The molecule has 118 valence electrons. The molecule has 0 aliphatic carbocycles. The molecule has 1 heterocycles. The van der Waals surface area contributed by atoms with E-state index in [0.29, 0.717) is 64.4 Å². The summed E-state index contributed by atoms with van der Waals surface area (Å²) in [6.45, 7) is 4.25. The topological polar surface area (TPSA) is 58.2 Å². The summed E-state index contributed by atoms with van der Waals surface area (Å²) in [4.78, 5) is 0. The summed E-state index contributed by atoms with van der Waals surface area (Å²) >= 11 is 0. The molecule has 0 radical (unpaired) electrons. The maximum absolute atomic E-state index is 5.73. The maximum atomic E-state index is 5.73. The number of fused-ring (bicyclic) bond motifs is 1. The zero-order valence-corrected chi connectivity index (χ0v) is 12.4. The van der Waals surface area contributed by atoms with Crippen LogP contribution >= 0.6 is 0 Å². The van der Waals surface area contributed by atoms with Crippen molar-refractivity contribution in [3.63, 3.8) is 0 Å². The molecule has 1 N–H and O–H groups in total. The van der Waals surface area contributed by atoms with Crippen molar-refractivity contribution in [1.29, 1.82) is 0 Å². The molecule has 0 saturated heterocycles. The Hall–Kier alpha value is -1.50. The van der Waals surface area contributed by atoms with E-state index in [2.05, 4.69) is 5.32 Å². The third-order valence-corrected chi connectivity index (χ3v) is 2.95. The Bertz CT molecular complexity index is 413. The highest BCUT2D eigenvalue weighted by Crippen LogP contribution is 2.30. The van der Waals surface area contributed by atoms with E-state index in [1.807, 2.05) is 25.2 Å². The third kappa shape index (κ3) is 5.79. The van der Waals surface area contributed by atoms with Gasteiger partial charge in [0.05, 0.1) is 39.6 Å². The first kappa shape index (κ1) is 15.9. The van der Waals surface area contributed by atoms with Gasteiger partial charge in [0.1, 0.15) is 13.2 Å². The number of nitrogens with one attached hydrogen (secondary N) is 1. The molecule has 0 saturated carbocycles.